The van der Waals surface area contributed by atoms with Crippen molar-refractivity contribution < 1.29 is 9.53 Å². The van der Waals surface area contributed by atoms with Gasteiger partial charge < -0.3 is 15.0 Å². The van der Waals surface area contributed by atoms with Crippen LogP contribution in [0.4, 0.5) is 0 Å². The van der Waals surface area contributed by atoms with Gasteiger partial charge in [-0.15, -0.1) is 10.2 Å². The van der Waals surface area contributed by atoms with Gasteiger partial charge in [0.15, 0.2) is 5.82 Å². The molecule has 0 aliphatic carbocycles. The Morgan fingerprint density at radius 2 is 1.66 bits per heavy atom. The minimum absolute atomic E-state index is 0.126. The standard InChI is InChI=1S/C27H25ClN4O3/c28-23-9-5-4-8-21(23)18-35-22-12-10-20(11-13-22)26-30-27(34)24(31-32-26)14-15-25(33)29-17-16-19-6-2-1-3-7-19/h1-13H,14-18H2,(H,29,33)(H,30,32,34). The smallest absolute Gasteiger partial charge is 0.273 e. The highest BCUT2D eigenvalue weighted by Crippen LogP contribution is 2.21. The van der Waals surface area contributed by atoms with E-state index in [0.717, 1.165) is 17.5 Å². The molecule has 4 aromatic rings. The molecule has 0 saturated carbocycles. The molecule has 0 fully saturated rings. The van der Waals surface area contributed by atoms with Crippen molar-refractivity contribution in [2.45, 2.75) is 25.9 Å². The Hall–Kier alpha value is -3.97. The number of amides is 1. The van der Waals surface area contributed by atoms with Gasteiger partial charge in [0.25, 0.3) is 5.56 Å². The molecule has 0 aliphatic rings. The first kappa shape index (κ1) is 24.2. The first-order chi connectivity index (χ1) is 17.1. The SMILES string of the molecule is O=C(CCc1nnc(-c2ccc(OCc3ccccc3Cl)cc2)[nH]c1=O)NCCc1ccccc1. The van der Waals surface area contributed by atoms with E-state index in [1.54, 1.807) is 24.3 Å². The lowest BCUT2D eigenvalue weighted by Gasteiger charge is -2.08. The average Bonchev–Trinajstić information content (AvgIpc) is 2.88. The molecule has 4 rings (SSSR count). The number of carbonyl (C=O) groups excluding carboxylic acids is 1. The summed E-state index contributed by atoms with van der Waals surface area (Å²) in [7, 11) is 0. The predicted octanol–water partition coefficient (Wildman–Crippen LogP) is 4.36. The number of aromatic amines is 1. The van der Waals surface area contributed by atoms with Gasteiger partial charge in [-0.1, -0.05) is 60.1 Å². The maximum atomic E-state index is 12.5. The summed E-state index contributed by atoms with van der Waals surface area (Å²) in [5.41, 5.74) is 2.63. The van der Waals surface area contributed by atoms with Gasteiger partial charge in [-0.25, -0.2) is 0 Å². The summed E-state index contributed by atoms with van der Waals surface area (Å²) in [5.74, 6) is 0.890. The number of carbonyl (C=O) groups is 1. The largest absolute Gasteiger partial charge is 0.489 e. The number of aromatic nitrogens is 3. The molecule has 35 heavy (non-hydrogen) atoms. The Morgan fingerprint density at radius 1 is 0.914 bits per heavy atom. The number of ether oxygens (including phenoxy) is 1. The maximum Gasteiger partial charge on any atom is 0.273 e. The fourth-order valence-corrected chi connectivity index (χ4v) is 3.64. The minimum Gasteiger partial charge on any atom is -0.489 e. The molecule has 0 bridgehead atoms. The van der Waals surface area contributed by atoms with Crippen LogP contribution in [0.5, 0.6) is 5.75 Å². The Morgan fingerprint density at radius 3 is 2.40 bits per heavy atom. The summed E-state index contributed by atoms with van der Waals surface area (Å²) >= 11 is 6.16. The van der Waals surface area contributed by atoms with E-state index in [2.05, 4.69) is 20.5 Å². The lowest BCUT2D eigenvalue weighted by Crippen LogP contribution is -2.27. The Kier molecular flexibility index (Phi) is 8.25. The number of hydrogen-bond donors (Lipinski definition) is 2. The predicted molar refractivity (Wildman–Crippen MR) is 135 cm³/mol. The summed E-state index contributed by atoms with van der Waals surface area (Å²) in [6.45, 7) is 0.895. The number of nitrogens with zero attached hydrogens (tertiary/aromatic N) is 2. The second-order valence-corrected chi connectivity index (χ2v) is 8.35. The number of aryl methyl sites for hydroxylation is 1. The molecule has 1 heterocycles. The van der Waals surface area contributed by atoms with E-state index in [-0.39, 0.29) is 30.0 Å². The normalized spacial score (nSPS) is 10.7. The van der Waals surface area contributed by atoms with Crippen molar-refractivity contribution in [3.63, 3.8) is 0 Å². The molecule has 7 nitrogen and oxygen atoms in total. The monoisotopic (exact) mass is 488 g/mol. The van der Waals surface area contributed by atoms with Crippen LogP contribution in [-0.2, 0) is 24.2 Å². The third-order valence-electron chi connectivity index (χ3n) is 5.41. The molecule has 178 valence electrons. The van der Waals surface area contributed by atoms with Crippen LogP contribution in [0.3, 0.4) is 0 Å². The Balaban J connectivity index is 1.27. The zero-order valence-electron chi connectivity index (χ0n) is 19.0. The van der Waals surface area contributed by atoms with Gasteiger partial charge in [0.05, 0.1) is 0 Å². The van der Waals surface area contributed by atoms with Crippen molar-refractivity contribution in [3.05, 3.63) is 111 Å². The van der Waals surface area contributed by atoms with Crippen molar-refractivity contribution in [1.29, 1.82) is 0 Å². The fourth-order valence-electron chi connectivity index (χ4n) is 3.45. The van der Waals surface area contributed by atoms with Crippen LogP contribution < -0.4 is 15.6 Å². The lowest BCUT2D eigenvalue weighted by molar-refractivity contribution is -0.121. The molecular formula is C27H25ClN4O3. The van der Waals surface area contributed by atoms with Crippen molar-refractivity contribution in [2.75, 3.05) is 6.54 Å². The van der Waals surface area contributed by atoms with Gasteiger partial charge in [-0.05, 0) is 42.3 Å². The highest BCUT2D eigenvalue weighted by atomic mass is 35.5. The van der Waals surface area contributed by atoms with Crippen LogP contribution in [0, 0.1) is 0 Å². The average molecular weight is 489 g/mol. The van der Waals surface area contributed by atoms with Crippen LogP contribution >= 0.6 is 11.6 Å². The number of H-pyrrole nitrogens is 1. The molecule has 1 aromatic heterocycles. The summed E-state index contributed by atoms with van der Waals surface area (Å²) in [6, 6.07) is 24.6. The number of halogens is 1. The second-order valence-electron chi connectivity index (χ2n) is 7.94. The molecule has 0 spiro atoms. The third kappa shape index (κ3) is 7.01. The fraction of sp³-hybridized carbons (Fsp3) is 0.185. The van der Waals surface area contributed by atoms with E-state index in [1.165, 1.54) is 0 Å². The second kappa shape index (κ2) is 11.9. The van der Waals surface area contributed by atoms with E-state index in [1.807, 2.05) is 54.6 Å². The molecule has 8 heteroatoms. The zero-order chi connectivity index (χ0) is 24.5. The first-order valence-corrected chi connectivity index (χ1v) is 11.7. The number of rotatable bonds is 10. The van der Waals surface area contributed by atoms with Crippen LogP contribution in [0.15, 0.2) is 83.7 Å². The van der Waals surface area contributed by atoms with E-state index in [9.17, 15) is 9.59 Å². The van der Waals surface area contributed by atoms with Gasteiger partial charge in [0.1, 0.15) is 18.1 Å². The molecule has 3 aromatic carbocycles. The van der Waals surface area contributed by atoms with Gasteiger partial charge in [-0.2, -0.15) is 0 Å². The number of benzene rings is 3. The van der Waals surface area contributed by atoms with Crippen molar-refractivity contribution in [1.82, 2.24) is 20.5 Å². The first-order valence-electron chi connectivity index (χ1n) is 11.3. The summed E-state index contributed by atoms with van der Waals surface area (Å²) in [4.78, 5) is 27.3. The Bertz CT molecular complexity index is 1320. The topological polar surface area (TPSA) is 97.0 Å². The van der Waals surface area contributed by atoms with Gasteiger partial charge >= 0.3 is 0 Å². The van der Waals surface area contributed by atoms with Crippen LogP contribution in [-0.4, -0.2) is 27.6 Å². The molecule has 0 aliphatic heterocycles. The highest BCUT2D eigenvalue weighted by Gasteiger charge is 2.10. The Labute approximate surface area is 208 Å². The quantitative estimate of drug-likeness (QED) is 0.346. The lowest BCUT2D eigenvalue weighted by atomic mass is 10.1. The van der Waals surface area contributed by atoms with Crippen molar-refractivity contribution in [2.24, 2.45) is 0 Å². The van der Waals surface area contributed by atoms with Crippen molar-refractivity contribution in [3.8, 4) is 17.1 Å². The van der Waals surface area contributed by atoms with Gasteiger partial charge in [-0.3, -0.25) is 9.59 Å². The molecule has 1 amide bonds. The highest BCUT2D eigenvalue weighted by molar-refractivity contribution is 6.31. The van der Waals surface area contributed by atoms with Gasteiger partial charge in [0, 0.05) is 35.5 Å². The summed E-state index contributed by atoms with van der Waals surface area (Å²) in [6.07, 6.45) is 1.14. The maximum absolute atomic E-state index is 12.5. The molecule has 0 atom stereocenters. The zero-order valence-corrected chi connectivity index (χ0v) is 19.8. The van der Waals surface area contributed by atoms with Crippen LogP contribution in [0.2, 0.25) is 5.02 Å². The molecule has 0 saturated heterocycles. The molecular weight excluding hydrogens is 464 g/mol. The number of nitrogens with one attached hydrogen (secondary N) is 2. The van der Waals surface area contributed by atoms with E-state index in [0.29, 0.717) is 35.3 Å². The van der Waals surface area contributed by atoms with E-state index in [4.69, 9.17) is 16.3 Å². The molecule has 0 radical (unpaired) electrons. The third-order valence-corrected chi connectivity index (χ3v) is 5.78. The van der Waals surface area contributed by atoms with Crippen LogP contribution in [0.1, 0.15) is 23.2 Å². The van der Waals surface area contributed by atoms with Gasteiger partial charge in [0.2, 0.25) is 5.91 Å². The summed E-state index contributed by atoms with van der Waals surface area (Å²) in [5, 5.41) is 11.7. The van der Waals surface area contributed by atoms with E-state index < -0.39 is 0 Å². The van der Waals surface area contributed by atoms with E-state index >= 15 is 0 Å². The van der Waals surface area contributed by atoms with Crippen molar-refractivity contribution >= 4 is 17.5 Å². The molecule has 0 unspecified atom stereocenters. The summed E-state index contributed by atoms with van der Waals surface area (Å²) < 4.78 is 5.78. The molecule has 2 N–H and O–H groups in total. The number of hydrogen-bond acceptors (Lipinski definition) is 5. The minimum atomic E-state index is -0.355. The van der Waals surface area contributed by atoms with Crippen LogP contribution in [0.25, 0.3) is 11.4 Å².